The molecule has 60 valence electrons. The topological polar surface area (TPSA) is 29.5 Å². The predicted molar refractivity (Wildman–Crippen MR) is 39.8 cm³/mol. The molecule has 2 heteroatoms. The quantitative estimate of drug-likeness (QED) is 0.599. The lowest BCUT2D eigenvalue weighted by molar-refractivity contribution is -0.111. The van der Waals surface area contributed by atoms with E-state index in [9.17, 15) is 5.11 Å². The maximum atomic E-state index is 9.82. The van der Waals surface area contributed by atoms with Crippen LogP contribution in [0.15, 0.2) is 0 Å². The minimum Gasteiger partial charge on any atom is -0.387 e. The molecular weight excluding hydrogens is 128 g/mol. The Balaban J connectivity index is 2.48. The summed E-state index contributed by atoms with van der Waals surface area (Å²) < 4.78 is 5.20. The molecule has 1 N–H and O–H groups in total. The number of ether oxygens (including phenoxy) is 1. The molecule has 1 aliphatic heterocycles. The van der Waals surface area contributed by atoms with Gasteiger partial charge in [0.05, 0.1) is 12.2 Å². The smallest absolute Gasteiger partial charge is 0.0903 e. The summed E-state index contributed by atoms with van der Waals surface area (Å²) in [6, 6.07) is 0. The van der Waals surface area contributed by atoms with Crippen LogP contribution in [0.1, 0.15) is 26.7 Å². The van der Waals surface area contributed by atoms with E-state index in [0.717, 1.165) is 19.4 Å². The Hall–Kier alpha value is -0.0800. The zero-order valence-corrected chi connectivity index (χ0v) is 6.76. The van der Waals surface area contributed by atoms with Gasteiger partial charge in [-0.25, -0.2) is 0 Å². The lowest BCUT2D eigenvalue weighted by atomic mass is 9.85. The van der Waals surface area contributed by atoms with Gasteiger partial charge in [0.1, 0.15) is 0 Å². The maximum Gasteiger partial charge on any atom is 0.0903 e. The number of aliphatic hydroxyl groups is 1. The van der Waals surface area contributed by atoms with Crippen LogP contribution in [0.25, 0.3) is 0 Å². The summed E-state index contributed by atoms with van der Waals surface area (Å²) in [7, 11) is 0. The van der Waals surface area contributed by atoms with E-state index in [2.05, 4.69) is 0 Å². The molecule has 1 saturated heterocycles. The average molecular weight is 144 g/mol. The van der Waals surface area contributed by atoms with E-state index in [-0.39, 0.29) is 0 Å². The average Bonchev–Trinajstić information content (AvgIpc) is 1.89. The van der Waals surface area contributed by atoms with Crippen molar-refractivity contribution >= 4 is 0 Å². The van der Waals surface area contributed by atoms with Crippen LogP contribution < -0.4 is 0 Å². The molecule has 0 aromatic rings. The lowest BCUT2D eigenvalue weighted by Crippen LogP contribution is -2.43. The Kier molecular flexibility index (Phi) is 2.32. The first-order valence-electron chi connectivity index (χ1n) is 3.95. The molecule has 1 aliphatic rings. The van der Waals surface area contributed by atoms with Crippen LogP contribution in [0.4, 0.5) is 0 Å². The Labute approximate surface area is 62.2 Å². The van der Waals surface area contributed by atoms with Gasteiger partial charge >= 0.3 is 0 Å². The highest BCUT2D eigenvalue weighted by Gasteiger charge is 2.32. The maximum absolute atomic E-state index is 9.82. The molecule has 0 spiro atoms. The second kappa shape index (κ2) is 2.89. The zero-order valence-electron chi connectivity index (χ0n) is 6.76. The minimum absolute atomic E-state index is 0.313. The van der Waals surface area contributed by atoms with Crippen molar-refractivity contribution in [3.8, 4) is 0 Å². The van der Waals surface area contributed by atoms with E-state index < -0.39 is 5.60 Å². The lowest BCUT2D eigenvalue weighted by Gasteiger charge is -2.35. The van der Waals surface area contributed by atoms with Gasteiger partial charge in [-0.05, 0) is 18.8 Å². The first-order valence-corrected chi connectivity index (χ1v) is 3.95. The van der Waals surface area contributed by atoms with Gasteiger partial charge in [0, 0.05) is 6.61 Å². The highest BCUT2D eigenvalue weighted by atomic mass is 16.5. The standard InChI is InChI=1S/C8H16O2/c1-7(2)8(9)4-3-5-10-6-8/h7,9H,3-6H2,1-2H3/t8-/m0/s1. The van der Waals surface area contributed by atoms with E-state index in [4.69, 9.17) is 4.74 Å². The summed E-state index contributed by atoms with van der Waals surface area (Å²) in [5, 5.41) is 9.82. The molecule has 0 aromatic carbocycles. The Morgan fingerprint density at radius 3 is 2.50 bits per heavy atom. The third-order valence-electron chi connectivity index (χ3n) is 2.33. The number of hydrogen-bond acceptors (Lipinski definition) is 2. The van der Waals surface area contributed by atoms with Crippen LogP contribution in [-0.2, 0) is 4.74 Å². The zero-order chi connectivity index (χ0) is 7.61. The van der Waals surface area contributed by atoms with Crippen molar-refractivity contribution in [2.24, 2.45) is 5.92 Å². The molecule has 1 fully saturated rings. The van der Waals surface area contributed by atoms with Crippen LogP contribution in [0.5, 0.6) is 0 Å². The van der Waals surface area contributed by atoms with Crippen molar-refractivity contribution in [2.45, 2.75) is 32.3 Å². The molecular formula is C8H16O2. The van der Waals surface area contributed by atoms with Gasteiger partial charge in [0.2, 0.25) is 0 Å². The fourth-order valence-electron chi connectivity index (χ4n) is 1.26. The van der Waals surface area contributed by atoms with Crippen molar-refractivity contribution in [3.05, 3.63) is 0 Å². The Morgan fingerprint density at radius 2 is 2.20 bits per heavy atom. The van der Waals surface area contributed by atoms with Crippen molar-refractivity contribution in [1.29, 1.82) is 0 Å². The SMILES string of the molecule is CC(C)[C@]1(O)CCCOC1. The molecule has 0 radical (unpaired) electrons. The molecule has 1 rings (SSSR count). The Morgan fingerprint density at radius 1 is 1.50 bits per heavy atom. The van der Waals surface area contributed by atoms with Gasteiger partial charge in [-0.15, -0.1) is 0 Å². The summed E-state index contributed by atoms with van der Waals surface area (Å²) in [5.74, 6) is 0.313. The molecule has 0 saturated carbocycles. The highest BCUT2D eigenvalue weighted by Crippen LogP contribution is 2.26. The first kappa shape index (κ1) is 8.02. The molecule has 0 aliphatic carbocycles. The fraction of sp³-hybridized carbons (Fsp3) is 1.00. The monoisotopic (exact) mass is 144 g/mol. The van der Waals surface area contributed by atoms with Gasteiger partial charge in [0.15, 0.2) is 0 Å². The van der Waals surface area contributed by atoms with Crippen molar-refractivity contribution in [2.75, 3.05) is 13.2 Å². The molecule has 0 unspecified atom stereocenters. The molecule has 0 bridgehead atoms. The summed E-state index contributed by atoms with van der Waals surface area (Å²) >= 11 is 0. The third kappa shape index (κ3) is 1.50. The summed E-state index contributed by atoms with van der Waals surface area (Å²) in [6.07, 6.45) is 1.89. The molecule has 1 heterocycles. The van der Waals surface area contributed by atoms with E-state index in [1.165, 1.54) is 0 Å². The minimum atomic E-state index is -0.543. The molecule has 0 aromatic heterocycles. The predicted octanol–water partition coefficient (Wildman–Crippen LogP) is 1.18. The molecule has 10 heavy (non-hydrogen) atoms. The summed E-state index contributed by atoms with van der Waals surface area (Å²) in [5.41, 5.74) is -0.543. The van der Waals surface area contributed by atoms with E-state index in [1.54, 1.807) is 0 Å². The van der Waals surface area contributed by atoms with Crippen LogP contribution >= 0.6 is 0 Å². The molecule has 1 atom stereocenters. The first-order chi connectivity index (χ1) is 4.65. The summed E-state index contributed by atoms with van der Waals surface area (Å²) in [6.45, 7) is 5.41. The van der Waals surface area contributed by atoms with Crippen molar-refractivity contribution in [3.63, 3.8) is 0 Å². The second-order valence-corrected chi connectivity index (χ2v) is 3.41. The fourth-order valence-corrected chi connectivity index (χ4v) is 1.26. The van der Waals surface area contributed by atoms with Crippen LogP contribution in [-0.4, -0.2) is 23.9 Å². The largest absolute Gasteiger partial charge is 0.387 e. The van der Waals surface area contributed by atoms with Crippen molar-refractivity contribution in [1.82, 2.24) is 0 Å². The van der Waals surface area contributed by atoms with E-state index in [1.807, 2.05) is 13.8 Å². The van der Waals surface area contributed by atoms with Crippen LogP contribution in [0, 0.1) is 5.92 Å². The normalized spacial score (nSPS) is 34.8. The second-order valence-electron chi connectivity index (χ2n) is 3.41. The van der Waals surface area contributed by atoms with Crippen molar-refractivity contribution < 1.29 is 9.84 Å². The van der Waals surface area contributed by atoms with Gasteiger partial charge in [-0.3, -0.25) is 0 Å². The summed E-state index contributed by atoms with van der Waals surface area (Å²) in [4.78, 5) is 0. The third-order valence-corrected chi connectivity index (χ3v) is 2.33. The van der Waals surface area contributed by atoms with E-state index >= 15 is 0 Å². The van der Waals surface area contributed by atoms with Gasteiger partial charge in [-0.1, -0.05) is 13.8 Å². The Bertz CT molecular complexity index is 104. The van der Waals surface area contributed by atoms with Gasteiger partial charge in [-0.2, -0.15) is 0 Å². The highest BCUT2D eigenvalue weighted by molar-refractivity contribution is 4.83. The molecule has 2 nitrogen and oxygen atoms in total. The number of hydrogen-bond donors (Lipinski definition) is 1. The number of rotatable bonds is 1. The van der Waals surface area contributed by atoms with Gasteiger partial charge < -0.3 is 9.84 Å². The molecule has 0 amide bonds. The van der Waals surface area contributed by atoms with Crippen LogP contribution in [0.3, 0.4) is 0 Å². The van der Waals surface area contributed by atoms with Gasteiger partial charge in [0.25, 0.3) is 0 Å². The van der Waals surface area contributed by atoms with E-state index in [0.29, 0.717) is 12.5 Å². The van der Waals surface area contributed by atoms with Crippen LogP contribution in [0.2, 0.25) is 0 Å².